The fourth-order valence-electron chi connectivity index (χ4n) is 2.30. The Morgan fingerprint density at radius 2 is 2.20 bits per heavy atom. The predicted octanol–water partition coefficient (Wildman–Crippen LogP) is 1.23. The van der Waals surface area contributed by atoms with Crippen LogP contribution in [0, 0.1) is 0 Å². The molecule has 0 amide bonds. The summed E-state index contributed by atoms with van der Waals surface area (Å²) in [5.74, 6) is 0. The molecule has 2 rings (SSSR count). The Morgan fingerprint density at radius 1 is 1.45 bits per heavy atom. The molecule has 0 aliphatic heterocycles. The van der Waals surface area contributed by atoms with Crippen molar-refractivity contribution in [1.82, 2.24) is 14.9 Å². The fraction of sp³-hybridized carbons (Fsp3) is 0.692. The molecule has 0 aromatic carbocycles. The van der Waals surface area contributed by atoms with Gasteiger partial charge in [-0.05, 0) is 37.9 Å². The molecule has 20 heavy (non-hydrogen) atoms. The molecule has 0 unspecified atom stereocenters. The highest BCUT2D eigenvalue weighted by Crippen LogP contribution is 2.26. The molecule has 1 saturated carbocycles. The number of rotatable bonds is 9. The van der Waals surface area contributed by atoms with Gasteiger partial charge in [0.05, 0.1) is 4.90 Å². The molecule has 7 heteroatoms. The van der Waals surface area contributed by atoms with Gasteiger partial charge in [-0.25, -0.2) is 13.1 Å². The van der Waals surface area contributed by atoms with Crippen molar-refractivity contribution >= 4 is 21.4 Å². The lowest BCUT2D eigenvalue weighted by molar-refractivity contribution is 0.282. The highest BCUT2D eigenvalue weighted by Gasteiger charge is 2.27. The number of nitrogens with one attached hydrogen (secondary N) is 2. The third-order valence-electron chi connectivity index (χ3n) is 3.49. The Hall–Kier alpha value is -0.470. The van der Waals surface area contributed by atoms with E-state index in [-0.39, 0.29) is 0 Å². The van der Waals surface area contributed by atoms with Crippen molar-refractivity contribution in [1.29, 1.82) is 0 Å². The van der Waals surface area contributed by atoms with Crippen molar-refractivity contribution in [2.45, 2.75) is 37.2 Å². The van der Waals surface area contributed by atoms with Crippen LogP contribution in [0.1, 0.15) is 24.6 Å². The van der Waals surface area contributed by atoms with Crippen LogP contribution in [0.4, 0.5) is 0 Å². The van der Waals surface area contributed by atoms with Crippen molar-refractivity contribution in [2.75, 3.05) is 26.7 Å². The molecule has 1 aromatic heterocycles. The van der Waals surface area contributed by atoms with Gasteiger partial charge < -0.3 is 5.32 Å². The summed E-state index contributed by atoms with van der Waals surface area (Å²) in [7, 11) is -1.57. The summed E-state index contributed by atoms with van der Waals surface area (Å²) in [5.41, 5.74) is 0. The largest absolute Gasteiger partial charge is 0.315 e. The Balaban J connectivity index is 1.91. The summed E-state index contributed by atoms with van der Waals surface area (Å²) < 4.78 is 27.3. The normalized spacial score (nSPS) is 15.9. The molecule has 0 atom stereocenters. The van der Waals surface area contributed by atoms with Gasteiger partial charge in [0.1, 0.15) is 0 Å². The smallest absolute Gasteiger partial charge is 0.241 e. The van der Waals surface area contributed by atoms with Crippen LogP contribution in [-0.2, 0) is 16.6 Å². The SMILES string of the molecule is CCN(CCNS(=O)(=O)c1ccsc1CNC)C1CC1. The number of sulfonamides is 1. The fourth-order valence-corrected chi connectivity index (χ4v) is 4.77. The second kappa shape index (κ2) is 7.00. The maximum atomic E-state index is 12.3. The summed E-state index contributed by atoms with van der Waals surface area (Å²) in [6.45, 7) is 4.94. The molecule has 1 aromatic rings. The van der Waals surface area contributed by atoms with E-state index in [1.165, 1.54) is 24.2 Å². The van der Waals surface area contributed by atoms with Gasteiger partial charge in [-0.3, -0.25) is 4.90 Å². The van der Waals surface area contributed by atoms with Crippen LogP contribution in [0.2, 0.25) is 0 Å². The first-order valence-corrected chi connectivity index (χ1v) is 9.39. The molecule has 1 heterocycles. The average molecular weight is 317 g/mol. The van der Waals surface area contributed by atoms with Crippen LogP contribution >= 0.6 is 11.3 Å². The van der Waals surface area contributed by atoms with Gasteiger partial charge in [0.15, 0.2) is 0 Å². The lowest BCUT2D eigenvalue weighted by Crippen LogP contribution is -2.36. The van der Waals surface area contributed by atoms with Crippen molar-refractivity contribution in [3.8, 4) is 0 Å². The second-order valence-electron chi connectivity index (χ2n) is 5.00. The molecule has 1 aliphatic carbocycles. The van der Waals surface area contributed by atoms with Crippen LogP contribution in [0.15, 0.2) is 16.3 Å². The monoisotopic (exact) mass is 317 g/mol. The summed E-state index contributed by atoms with van der Waals surface area (Å²) in [5, 5.41) is 4.82. The summed E-state index contributed by atoms with van der Waals surface area (Å²) in [6.07, 6.45) is 2.49. The molecule has 0 bridgehead atoms. The van der Waals surface area contributed by atoms with E-state index in [1.807, 2.05) is 12.4 Å². The van der Waals surface area contributed by atoms with E-state index in [4.69, 9.17) is 0 Å². The Morgan fingerprint density at radius 3 is 2.80 bits per heavy atom. The highest BCUT2D eigenvalue weighted by atomic mass is 32.2. The van der Waals surface area contributed by atoms with E-state index in [0.29, 0.717) is 24.0 Å². The van der Waals surface area contributed by atoms with Crippen LogP contribution < -0.4 is 10.0 Å². The predicted molar refractivity (Wildman–Crippen MR) is 82.5 cm³/mol. The van der Waals surface area contributed by atoms with Crippen LogP contribution in [0.3, 0.4) is 0 Å². The minimum atomic E-state index is -3.39. The molecule has 1 aliphatic rings. The zero-order valence-electron chi connectivity index (χ0n) is 12.1. The summed E-state index contributed by atoms with van der Waals surface area (Å²) in [6, 6.07) is 2.35. The van der Waals surface area contributed by atoms with E-state index in [0.717, 1.165) is 18.0 Å². The van der Waals surface area contributed by atoms with Crippen molar-refractivity contribution in [3.05, 3.63) is 16.3 Å². The van der Waals surface area contributed by atoms with Gasteiger partial charge in [-0.2, -0.15) is 0 Å². The molecule has 0 saturated heterocycles. The molecule has 114 valence electrons. The lowest BCUT2D eigenvalue weighted by atomic mass is 10.4. The van der Waals surface area contributed by atoms with E-state index < -0.39 is 10.0 Å². The van der Waals surface area contributed by atoms with Gasteiger partial charge in [0.2, 0.25) is 10.0 Å². The molecule has 2 N–H and O–H groups in total. The van der Waals surface area contributed by atoms with Crippen LogP contribution in [0.5, 0.6) is 0 Å². The van der Waals surface area contributed by atoms with Crippen molar-refractivity contribution in [2.24, 2.45) is 0 Å². The zero-order chi connectivity index (χ0) is 14.6. The quantitative estimate of drug-likeness (QED) is 0.719. The van der Waals surface area contributed by atoms with Gasteiger partial charge in [0.25, 0.3) is 0 Å². The number of likely N-dealkylation sites (N-methyl/N-ethyl adjacent to an activating group) is 1. The third-order valence-corrected chi connectivity index (χ3v) is 6.09. The van der Waals surface area contributed by atoms with Crippen molar-refractivity contribution < 1.29 is 8.42 Å². The second-order valence-corrected chi connectivity index (χ2v) is 7.73. The van der Waals surface area contributed by atoms with E-state index in [2.05, 4.69) is 21.9 Å². The van der Waals surface area contributed by atoms with Gasteiger partial charge in [0, 0.05) is 30.6 Å². The molecular weight excluding hydrogens is 294 g/mol. The van der Waals surface area contributed by atoms with Gasteiger partial charge in [-0.15, -0.1) is 11.3 Å². The highest BCUT2D eigenvalue weighted by molar-refractivity contribution is 7.89. The minimum absolute atomic E-state index is 0.409. The maximum absolute atomic E-state index is 12.3. The van der Waals surface area contributed by atoms with E-state index in [1.54, 1.807) is 6.07 Å². The van der Waals surface area contributed by atoms with Crippen LogP contribution in [0.25, 0.3) is 0 Å². The number of thiophene rings is 1. The first kappa shape index (κ1) is 15.9. The zero-order valence-corrected chi connectivity index (χ0v) is 13.7. The Kier molecular flexibility index (Phi) is 5.57. The number of hydrogen-bond donors (Lipinski definition) is 2. The summed E-state index contributed by atoms with van der Waals surface area (Å²) in [4.78, 5) is 3.60. The molecule has 1 fully saturated rings. The average Bonchev–Trinajstić information content (AvgIpc) is 3.14. The lowest BCUT2D eigenvalue weighted by Gasteiger charge is -2.19. The number of hydrogen-bond acceptors (Lipinski definition) is 5. The van der Waals surface area contributed by atoms with Gasteiger partial charge >= 0.3 is 0 Å². The first-order chi connectivity index (χ1) is 9.58. The number of nitrogens with zero attached hydrogens (tertiary/aromatic N) is 1. The molecule has 0 radical (unpaired) electrons. The topological polar surface area (TPSA) is 61.4 Å². The third kappa shape index (κ3) is 4.02. The standard InChI is InChI=1S/C13H23N3O2S2/c1-3-16(11-4-5-11)8-7-15-20(17,18)13-6-9-19-12(13)10-14-2/h6,9,11,14-15H,3-5,7-8,10H2,1-2H3. The Bertz CT molecular complexity index is 523. The maximum Gasteiger partial charge on any atom is 0.241 e. The van der Waals surface area contributed by atoms with Crippen molar-refractivity contribution in [3.63, 3.8) is 0 Å². The van der Waals surface area contributed by atoms with E-state index in [9.17, 15) is 8.42 Å². The van der Waals surface area contributed by atoms with E-state index >= 15 is 0 Å². The van der Waals surface area contributed by atoms with Crippen LogP contribution in [-0.4, -0.2) is 46.0 Å². The summed E-state index contributed by atoms with van der Waals surface area (Å²) >= 11 is 1.47. The first-order valence-electron chi connectivity index (χ1n) is 7.03. The molecular formula is C13H23N3O2S2. The Labute approximate surface area is 125 Å². The minimum Gasteiger partial charge on any atom is -0.315 e. The molecule has 5 nitrogen and oxygen atoms in total. The molecule has 0 spiro atoms. The van der Waals surface area contributed by atoms with Gasteiger partial charge in [-0.1, -0.05) is 6.92 Å².